The zero-order valence-electron chi connectivity index (χ0n) is 11.5. The predicted molar refractivity (Wildman–Crippen MR) is 81.7 cm³/mol. The molecule has 2 saturated heterocycles. The average Bonchev–Trinajstić information content (AvgIpc) is 3.16. The number of ether oxygens (including phenoxy) is 2. The van der Waals surface area contributed by atoms with Crippen LogP contribution in [0.2, 0.25) is 0 Å². The Labute approximate surface area is 127 Å². The molecule has 7 heteroatoms. The number of aromatic nitrogens is 2. The van der Waals surface area contributed by atoms with Crippen molar-refractivity contribution < 1.29 is 9.47 Å². The zero-order chi connectivity index (χ0) is 13.6. The van der Waals surface area contributed by atoms with Crippen LogP contribution in [0.1, 0.15) is 32.1 Å². The summed E-state index contributed by atoms with van der Waals surface area (Å²) in [6.45, 7) is 2.64. The van der Waals surface area contributed by atoms with Crippen LogP contribution in [0.5, 0.6) is 0 Å². The molecule has 20 heavy (non-hydrogen) atoms. The van der Waals surface area contributed by atoms with Crippen molar-refractivity contribution in [3.63, 3.8) is 0 Å². The summed E-state index contributed by atoms with van der Waals surface area (Å²) in [5, 5.41) is 12.6. The van der Waals surface area contributed by atoms with Gasteiger partial charge in [0, 0.05) is 25.5 Å². The third-order valence-electron chi connectivity index (χ3n) is 3.58. The summed E-state index contributed by atoms with van der Waals surface area (Å²) in [5.74, 6) is 0.986. The molecule has 3 heterocycles. The van der Waals surface area contributed by atoms with E-state index in [0.29, 0.717) is 12.2 Å². The van der Waals surface area contributed by atoms with Gasteiger partial charge in [0.05, 0.1) is 12.2 Å². The topological polar surface area (TPSA) is 56.3 Å². The first-order valence-electron chi connectivity index (χ1n) is 7.33. The first kappa shape index (κ1) is 14.6. The van der Waals surface area contributed by atoms with Gasteiger partial charge in [-0.3, -0.25) is 0 Å². The summed E-state index contributed by atoms with van der Waals surface area (Å²) in [6.07, 6.45) is 6.71. The zero-order valence-corrected chi connectivity index (χ0v) is 13.2. The summed E-state index contributed by atoms with van der Waals surface area (Å²) >= 11 is 3.38. The van der Waals surface area contributed by atoms with Crippen molar-refractivity contribution in [2.75, 3.05) is 30.8 Å². The Bertz CT molecular complexity index is 404. The summed E-state index contributed by atoms with van der Waals surface area (Å²) in [6, 6.07) is 0. The lowest BCUT2D eigenvalue weighted by atomic mass is 10.1. The van der Waals surface area contributed by atoms with Crippen LogP contribution in [-0.2, 0) is 9.47 Å². The normalized spacial score (nSPS) is 26.8. The molecule has 1 aromatic heterocycles. The third-order valence-corrected chi connectivity index (χ3v) is 5.72. The van der Waals surface area contributed by atoms with Crippen molar-refractivity contribution in [2.45, 2.75) is 48.7 Å². The van der Waals surface area contributed by atoms with Crippen molar-refractivity contribution >= 4 is 28.2 Å². The minimum Gasteiger partial charge on any atom is -0.377 e. The number of hydrogen-bond acceptors (Lipinski definition) is 7. The van der Waals surface area contributed by atoms with Crippen LogP contribution >= 0.6 is 23.1 Å². The molecule has 2 aliphatic heterocycles. The van der Waals surface area contributed by atoms with Crippen LogP contribution in [0.3, 0.4) is 0 Å². The molecule has 0 amide bonds. The minimum atomic E-state index is 0.339. The predicted octanol–water partition coefficient (Wildman–Crippen LogP) is 2.79. The first-order chi connectivity index (χ1) is 9.90. The fourth-order valence-electron chi connectivity index (χ4n) is 2.45. The van der Waals surface area contributed by atoms with Crippen LogP contribution in [0.25, 0.3) is 0 Å². The molecule has 0 unspecified atom stereocenters. The number of rotatable bonds is 6. The second-order valence-electron chi connectivity index (χ2n) is 5.19. The largest absolute Gasteiger partial charge is 0.377 e. The highest BCUT2D eigenvalue weighted by atomic mass is 32.2. The fraction of sp³-hybridized carbons (Fsp3) is 0.846. The number of thioether (sulfide) groups is 1. The van der Waals surface area contributed by atoms with Gasteiger partial charge < -0.3 is 14.8 Å². The van der Waals surface area contributed by atoms with Crippen LogP contribution < -0.4 is 5.32 Å². The van der Waals surface area contributed by atoms with Crippen molar-refractivity contribution in [1.29, 1.82) is 0 Å². The molecule has 1 aromatic rings. The Morgan fingerprint density at radius 2 is 1.95 bits per heavy atom. The quantitative estimate of drug-likeness (QED) is 0.815. The molecule has 2 fully saturated rings. The second-order valence-corrected chi connectivity index (χ2v) is 7.43. The smallest absolute Gasteiger partial charge is 0.206 e. The molecule has 0 spiro atoms. The van der Waals surface area contributed by atoms with Gasteiger partial charge in [-0.25, -0.2) is 0 Å². The molecule has 2 atom stereocenters. The molecular weight excluding hydrogens is 294 g/mol. The van der Waals surface area contributed by atoms with Gasteiger partial charge in [-0.15, -0.1) is 10.2 Å². The van der Waals surface area contributed by atoms with Gasteiger partial charge in [0.25, 0.3) is 0 Å². The lowest BCUT2D eigenvalue weighted by Gasteiger charge is -2.21. The van der Waals surface area contributed by atoms with E-state index in [-0.39, 0.29) is 0 Å². The summed E-state index contributed by atoms with van der Waals surface area (Å²) in [5.41, 5.74) is 0. The van der Waals surface area contributed by atoms with Crippen molar-refractivity contribution in [2.24, 2.45) is 0 Å². The Kier molecular flexibility index (Phi) is 5.52. The lowest BCUT2D eigenvalue weighted by Crippen LogP contribution is -2.21. The molecule has 0 bridgehead atoms. The standard InChI is InChI=1S/C13H21N3O2S2/c1-2-6-18-11(4-1)9-19-13-16-15-12(20-13)14-8-10-5-3-7-17-10/h10-11H,1-9H2,(H,14,15)/t10-,11+/m0/s1. The molecule has 2 aliphatic rings. The maximum absolute atomic E-state index is 5.72. The van der Waals surface area contributed by atoms with Crippen LogP contribution in [0, 0.1) is 0 Å². The van der Waals surface area contributed by atoms with Gasteiger partial charge in [-0.2, -0.15) is 0 Å². The molecule has 3 rings (SSSR count). The van der Waals surface area contributed by atoms with Gasteiger partial charge in [0.1, 0.15) is 0 Å². The fourth-order valence-corrected chi connectivity index (χ4v) is 4.30. The summed E-state index contributed by atoms with van der Waals surface area (Å²) < 4.78 is 12.3. The van der Waals surface area contributed by atoms with E-state index in [1.807, 2.05) is 0 Å². The van der Waals surface area contributed by atoms with Gasteiger partial charge in [-0.05, 0) is 32.1 Å². The maximum atomic E-state index is 5.72. The van der Waals surface area contributed by atoms with E-state index in [9.17, 15) is 0 Å². The van der Waals surface area contributed by atoms with E-state index < -0.39 is 0 Å². The second kappa shape index (κ2) is 7.59. The summed E-state index contributed by atoms with van der Waals surface area (Å²) in [7, 11) is 0. The van der Waals surface area contributed by atoms with E-state index >= 15 is 0 Å². The van der Waals surface area contributed by atoms with Crippen LogP contribution in [0.15, 0.2) is 4.34 Å². The van der Waals surface area contributed by atoms with E-state index in [1.165, 1.54) is 25.7 Å². The number of anilines is 1. The average molecular weight is 315 g/mol. The Balaban J connectivity index is 1.39. The van der Waals surface area contributed by atoms with Gasteiger partial charge in [0.2, 0.25) is 5.13 Å². The monoisotopic (exact) mass is 315 g/mol. The Morgan fingerprint density at radius 3 is 2.75 bits per heavy atom. The minimum absolute atomic E-state index is 0.339. The Morgan fingerprint density at radius 1 is 1.10 bits per heavy atom. The molecule has 0 aliphatic carbocycles. The third kappa shape index (κ3) is 4.31. The highest BCUT2D eigenvalue weighted by molar-refractivity contribution is 8.01. The van der Waals surface area contributed by atoms with Crippen molar-refractivity contribution in [1.82, 2.24) is 10.2 Å². The maximum Gasteiger partial charge on any atom is 0.206 e. The van der Waals surface area contributed by atoms with Crippen molar-refractivity contribution in [3.8, 4) is 0 Å². The summed E-state index contributed by atoms with van der Waals surface area (Å²) in [4.78, 5) is 0. The molecule has 1 N–H and O–H groups in total. The van der Waals surface area contributed by atoms with Gasteiger partial charge >= 0.3 is 0 Å². The van der Waals surface area contributed by atoms with E-state index in [0.717, 1.165) is 41.4 Å². The SMILES string of the molecule is C1CC[C@H](CSc2nnc(NC[C@@H]3CCCO3)s2)OC1. The molecule has 112 valence electrons. The van der Waals surface area contributed by atoms with Gasteiger partial charge in [0.15, 0.2) is 4.34 Å². The highest BCUT2D eigenvalue weighted by Crippen LogP contribution is 2.28. The number of hydrogen-bond donors (Lipinski definition) is 1. The Hall–Kier alpha value is -0.370. The van der Waals surface area contributed by atoms with E-state index in [2.05, 4.69) is 15.5 Å². The van der Waals surface area contributed by atoms with E-state index in [1.54, 1.807) is 23.1 Å². The van der Waals surface area contributed by atoms with Gasteiger partial charge in [-0.1, -0.05) is 23.1 Å². The van der Waals surface area contributed by atoms with Crippen LogP contribution in [0.4, 0.5) is 5.13 Å². The molecule has 0 saturated carbocycles. The highest BCUT2D eigenvalue weighted by Gasteiger charge is 2.17. The number of nitrogens with one attached hydrogen (secondary N) is 1. The van der Waals surface area contributed by atoms with E-state index in [4.69, 9.17) is 9.47 Å². The van der Waals surface area contributed by atoms with Crippen molar-refractivity contribution in [3.05, 3.63) is 0 Å². The lowest BCUT2D eigenvalue weighted by molar-refractivity contribution is 0.0315. The number of nitrogens with zero attached hydrogens (tertiary/aromatic N) is 2. The molecule has 0 aromatic carbocycles. The van der Waals surface area contributed by atoms with Crippen LogP contribution in [-0.4, -0.2) is 47.9 Å². The molecular formula is C13H21N3O2S2. The molecule has 5 nitrogen and oxygen atoms in total. The first-order valence-corrected chi connectivity index (χ1v) is 9.14. The molecule has 0 radical (unpaired) electrons.